The number of hydrogen-bond acceptors (Lipinski definition) is 5. The average molecular weight is 262 g/mol. The van der Waals surface area contributed by atoms with Crippen molar-refractivity contribution in [3.63, 3.8) is 0 Å². The van der Waals surface area contributed by atoms with Crippen molar-refractivity contribution in [3.05, 3.63) is 53.7 Å². The summed E-state index contributed by atoms with van der Waals surface area (Å²) in [4.78, 5) is 5.61. The molecule has 3 rings (SSSR count). The van der Waals surface area contributed by atoms with Gasteiger partial charge in [-0.05, 0) is 48.0 Å². The minimum absolute atomic E-state index is 0.455. The third kappa shape index (κ3) is 2.24. The summed E-state index contributed by atoms with van der Waals surface area (Å²) in [7, 11) is 0. The number of aromatic nitrogens is 5. The number of rotatable bonds is 2. The van der Waals surface area contributed by atoms with E-state index in [2.05, 4.69) is 26.5 Å². The predicted molar refractivity (Wildman–Crippen MR) is 71.8 cm³/mol. The molecule has 20 heavy (non-hydrogen) atoms. The fourth-order valence-electron chi connectivity index (χ4n) is 1.78. The maximum Gasteiger partial charge on any atom is 0.223 e. The van der Waals surface area contributed by atoms with Gasteiger partial charge in [-0.2, -0.15) is 5.26 Å². The molecule has 0 aliphatic carbocycles. The highest BCUT2D eigenvalue weighted by Gasteiger charge is 2.08. The Kier molecular flexibility index (Phi) is 2.94. The van der Waals surface area contributed by atoms with E-state index in [4.69, 9.17) is 5.26 Å². The van der Waals surface area contributed by atoms with Crippen LogP contribution in [0.15, 0.2) is 42.6 Å². The summed E-state index contributed by atoms with van der Waals surface area (Å²) in [6.07, 6.45) is 1.71. The third-order valence-electron chi connectivity index (χ3n) is 2.76. The van der Waals surface area contributed by atoms with Gasteiger partial charge in [0.05, 0.1) is 17.3 Å². The third-order valence-corrected chi connectivity index (χ3v) is 2.76. The lowest BCUT2D eigenvalue weighted by Crippen LogP contribution is -1.99. The van der Waals surface area contributed by atoms with Crippen molar-refractivity contribution < 1.29 is 0 Å². The molecule has 6 heteroatoms. The van der Waals surface area contributed by atoms with E-state index in [1.165, 1.54) is 4.80 Å². The number of pyridine rings is 1. The van der Waals surface area contributed by atoms with Gasteiger partial charge < -0.3 is 0 Å². The predicted octanol–water partition coefficient (Wildman–Crippen LogP) is 1.90. The Hall–Kier alpha value is -3.07. The van der Waals surface area contributed by atoms with Crippen molar-refractivity contribution in [1.29, 1.82) is 5.26 Å². The van der Waals surface area contributed by atoms with Crippen LogP contribution < -0.4 is 0 Å². The molecule has 2 heterocycles. The molecule has 2 aromatic heterocycles. The van der Waals surface area contributed by atoms with Crippen LogP contribution in [0.25, 0.3) is 17.2 Å². The van der Waals surface area contributed by atoms with Gasteiger partial charge in [-0.1, -0.05) is 6.07 Å². The molecule has 96 valence electrons. The molecule has 0 saturated heterocycles. The van der Waals surface area contributed by atoms with E-state index in [0.29, 0.717) is 22.8 Å². The zero-order valence-corrected chi connectivity index (χ0v) is 10.7. The van der Waals surface area contributed by atoms with Crippen LogP contribution in [0.5, 0.6) is 0 Å². The Balaban J connectivity index is 2.00. The second-order valence-corrected chi connectivity index (χ2v) is 4.28. The smallest absolute Gasteiger partial charge is 0.223 e. The molecule has 0 unspecified atom stereocenters. The number of hydrogen-bond donors (Lipinski definition) is 0. The summed E-state index contributed by atoms with van der Waals surface area (Å²) in [5.74, 6) is 0.455. The molecular formula is C14H10N6. The summed E-state index contributed by atoms with van der Waals surface area (Å²) in [6.45, 7) is 1.98. The largest absolute Gasteiger partial charge is 0.253 e. The molecule has 6 nitrogen and oxygen atoms in total. The fraction of sp³-hybridized carbons (Fsp3) is 0.0714. The van der Waals surface area contributed by atoms with Gasteiger partial charge in [0.1, 0.15) is 5.69 Å². The Bertz CT molecular complexity index is 799. The van der Waals surface area contributed by atoms with E-state index in [0.717, 1.165) is 5.56 Å². The molecule has 0 aliphatic rings. The molecule has 0 N–H and O–H groups in total. The van der Waals surface area contributed by atoms with Crippen molar-refractivity contribution in [3.8, 4) is 23.3 Å². The van der Waals surface area contributed by atoms with Gasteiger partial charge in [0.2, 0.25) is 5.82 Å². The molecule has 0 saturated carbocycles. The molecular weight excluding hydrogens is 252 g/mol. The van der Waals surface area contributed by atoms with E-state index in [1.54, 1.807) is 24.4 Å². The SMILES string of the molecule is Cc1ccnc(-c2nnn(-c3cccc(C#N)c3)n2)c1. The Morgan fingerprint density at radius 3 is 2.90 bits per heavy atom. The molecule has 0 amide bonds. The minimum Gasteiger partial charge on any atom is -0.253 e. The summed E-state index contributed by atoms with van der Waals surface area (Å²) < 4.78 is 0. The number of tetrazole rings is 1. The summed E-state index contributed by atoms with van der Waals surface area (Å²) in [5.41, 5.74) is 3.00. The van der Waals surface area contributed by atoms with Crippen LogP contribution in [-0.4, -0.2) is 25.2 Å². The maximum atomic E-state index is 8.90. The highest BCUT2D eigenvalue weighted by Crippen LogP contribution is 2.13. The summed E-state index contributed by atoms with van der Waals surface area (Å²) in [6, 6.07) is 12.9. The fourth-order valence-corrected chi connectivity index (χ4v) is 1.78. The van der Waals surface area contributed by atoms with Crippen LogP contribution in [-0.2, 0) is 0 Å². The molecule has 3 aromatic rings. The quantitative estimate of drug-likeness (QED) is 0.704. The lowest BCUT2D eigenvalue weighted by atomic mass is 10.2. The zero-order valence-electron chi connectivity index (χ0n) is 10.7. The molecule has 0 radical (unpaired) electrons. The van der Waals surface area contributed by atoms with E-state index >= 15 is 0 Å². The molecule has 0 atom stereocenters. The second-order valence-electron chi connectivity index (χ2n) is 4.28. The van der Waals surface area contributed by atoms with Crippen LogP contribution in [0.3, 0.4) is 0 Å². The maximum absolute atomic E-state index is 8.90. The number of aryl methyl sites for hydroxylation is 1. The number of benzene rings is 1. The van der Waals surface area contributed by atoms with Crippen LogP contribution in [0.4, 0.5) is 0 Å². The van der Waals surface area contributed by atoms with Gasteiger partial charge in [-0.15, -0.1) is 15.0 Å². The van der Waals surface area contributed by atoms with Crippen molar-refractivity contribution in [2.75, 3.05) is 0 Å². The van der Waals surface area contributed by atoms with E-state index < -0.39 is 0 Å². The van der Waals surface area contributed by atoms with Crippen LogP contribution in [0.2, 0.25) is 0 Å². The highest BCUT2D eigenvalue weighted by molar-refractivity contribution is 5.49. The normalized spacial score (nSPS) is 10.2. The molecule has 0 bridgehead atoms. The molecule has 0 aliphatic heterocycles. The van der Waals surface area contributed by atoms with Crippen molar-refractivity contribution in [1.82, 2.24) is 25.2 Å². The number of nitrogens with zero attached hydrogens (tertiary/aromatic N) is 6. The minimum atomic E-state index is 0.455. The lowest BCUT2D eigenvalue weighted by molar-refractivity contribution is 0.720. The molecule has 0 fully saturated rings. The Morgan fingerprint density at radius 1 is 1.20 bits per heavy atom. The Labute approximate surface area is 115 Å². The summed E-state index contributed by atoms with van der Waals surface area (Å²) in [5, 5.41) is 21.2. The van der Waals surface area contributed by atoms with Crippen molar-refractivity contribution >= 4 is 0 Å². The second kappa shape index (κ2) is 4.90. The van der Waals surface area contributed by atoms with Crippen molar-refractivity contribution in [2.45, 2.75) is 6.92 Å². The van der Waals surface area contributed by atoms with E-state index in [1.807, 2.05) is 25.1 Å². The first-order chi connectivity index (χ1) is 9.76. The first kappa shape index (κ1) is 12.0. The van der Waals surface area contributed by atoms with Crippen LogP contribution in [0, 0.1) is 18.3 Å². The lowest BCUT2D eigenvalue weighted by Gasteiger charge is -1.98. The van der Waals surface area contributed by atoms with Crippen LogP contribution in [0.1, 0.15) is 11.1 Å². The van der Waals surface area contributed by atoms with Gasteiger partial charge in [-0.3, -0.25) is 4.98 Å². The van der Waals surface area contributed by atoms with Gasteiger partial charge in [-0.25, -0.2) is 0 Å². The average Bonchev–Trinajstić information content (AvgIpc) is 2.97. The standard InChI is InChI=1S/C14H10N6/c1-10-5-6-16-13(7-10)14-17-19-20(18-14)12-4-2-3-11(8-12)9-15/h2-8H,1H3. The van der Waals surface area contributed by atoms with Gasteiger partial charge >= 0.3 is 0 Å². The van der Waals surface area contributed by atoms with Crippen molar-refractivity contribution in [2.24, 2.45) is 0 Å². The highest BCUT2D eigenvalue weighted by atomic mass is 15.6. The summed E-state index contributed by atoms with van der Waals surface area (Å²) >= 11 is 0. The number of nitriles is 1. The molecule has 1 aromatic carbocycles. The monoisotopic (exact) mass is 262 g/mol. The topological polar surface area (TPSA) is 80.3 Å². The van der Waals surface area contributed by atoms with Gasteiger partial charge in [0.15, 0.2) is 0 Å². The first-order valence-electron chi connectivity index (χ1n) is 6.00. The van der Waals surface area contributed by atoms with Gasteiger partial charge in [0.25, 0.3) is 0 Å². The first-order valence-corrected chi connectivity index (χ1v) is 6.00. The zero-order chi connectivity index (χ0) is 13.9. The van der Waals surface area contributed by atoms with Crippen LogP contribution >= 0.6 is 0 Å². The van der Waals surface area contributed by atoms with E-state index in [-0.39, 0.29) is 0 Å². The van der Waals surface area contributed by atoms with E-state index in [9.17, 15) is 0 Å². The van der Waals surface area contributed by atoms with Gasteiger partial charge in [0, 0.05) is 6.20 Å². The Morgan fingerprint density at radius 2 is 2.10 bits per heavy atom. The molecule has 0 spiro atoms.